The van der Waals surface area contributed by atoms with Crippen LogP contribution in [-0.2, 0) is 4.79 Å². The molecule has 19 heavy (non-hydrogen) atoms. The minimum Gasteiger partial charge on any atom is -0.360 e. The van der Waals surface area contributed by atoms with E-state index < -0.39 is 0 Å². The van der Waals surface area contributed by atoms with Crippen molar-refractivity contribution in [2.45, 2.75) is 25.3 Å². The molecule has 1 saturated heterocycles. The smallest absolute Gasteiger partial charge is 0.223 e. The zero-order valence-electron chi connectivity index (χ0n) is 11.0. The summed E-state index contributed by atoms with van der Waals surface area (Å²) in [4.78, 5) is 16.2. The number of anilines is 1. The lowest BCUT2D eigenvalue weighted by atomic mass is 9.95. The largest absolute Gasteiger partial charge is 0.360 e. The molecule has 0 spiro atoms. The highest BCUT2D eigenvalue weighted by Crippen LogP contribution is 2.38. The quantitative estimate of drug-likeness (QED) is 0.755. The Kier molecular flexibility index (Phi) is 3.16. The number of carbonyl (C=O) groups excluding carboxylic acids is 1. The fraction of sp³-hybridized carbons (Fsp3) is 0.438. The van der Waals surface area contributed by atoms with Crippen molar-refractivity contribution in [1.29, 1.82) is 0 Å². The highest BCUT2D eigenvalue weighted by atomic mass is 16.2. The molecule has 1 unspecified atom stereocenters. The van der Waals surface area contributed by atoms with Crippen molar-refractivity contribution in [2.75, 3.05) is 24.5 Å². The summed E-state index contributed by atoms with van der Waals surface area (Å²) in [6, 6.07) is 8.57. The van der Waals surface area contributed by atoms with Gasteiger partial charge in [-0.05, 0) is 24.5 Å². The molecular weight excluding hydrogens is 236 g/mol. The topological polar surface area (TPSA) is 23.6 Å². The second-order valence-electron chi connectivity index (χ2n) is 5.18. The van der Waals surface area contributed by atoms with Crippen molar-refractivity contribution in [3.05, 3.63) is 29.8 Å². The first-order chi connectivity index (χ1) is 9.31. The van der Waals surface area contributed by atoms with Crippen LogP contribution in [0.1, 0.15) is 30.9 Å². The molecule has 98 valence electrons. The Hall–Kier alpha value is -1.95. The van der Waals surface area contributed by atoms with E-state index in [9.17, 15) is 4.79 Å². The lowest BCUT2D eigenvalue weighted by molar-refractivity contribution is -0.130. The fourth-order valence-corrected chi connectivity index (χ4v) is 3.21. The molecule has 3 nitrogen and oxygen atoms in total. The summed E-state index contributed by atoms with van der Waals surface area (Å²) >= 11 is 0. The Bertz CT molecular complexity index is 532. The predicted octanol–water partition coefficient (Wildman–Crippen LogP) is 2.19. The van der Waals surface area contributed by atoms with Crippen LogP contribution in [0, 0.1) is 12.3 Å². The van der Waals surface area contributed by atoms with Gasteiger partial charge in [0.25, 0.3) is 0 Å². The van der Waals surface area contributed by atoms with Gasteiger partial charge in [-0.3, -0.25) is 4.79 Å². The van der Waals surface area contributed by atoms with Gasteiger partial charge in [0, 0.05) is 25.2 Å². The number of benzene rings is 1. The monoisotopic (exact) mass is 254 g/mol. The standard InChI is InChI=1S/C16H18N2O/c1-2-10-17-12-9-15(18-11-5-8-16(18)19)13-6-3-4-7-14(13)17/h1,3-4,6-7,15H,5,8-12H2. The Morgan fingerprint density at radius 1 is 1.32 bits per heavy atom. The highest BCUT2D eigenvalue weighted by Gasteiger charge is 2.33. The number of terminal acetylenes is 1. The van der Waals surface area contributed by atoms with E-state index in [-0.39, 0.29) is 6.04 Å². The average Bonchev–Trinajstić information content (AvgIpc) is 2.86. The molecule has 1 atom stereocenters. The summed E-state index contributed by atoms with van der Waals surface area (Å²) in [6.45, 7) is 2.46. The van der Waals surface area contributed by atoms with Crippen molar-refractivity contribution in [2.24, 2.45) is 0 Å². The van der Waals surface area contributed by atoms with Crippen LogP contribution in [0.25, 0.3) is 0 Å². The predicted molar refractivity (Wildman–Crippen MR) is 75.8 cm³/mol. The number of rotatable bonds is 2. The maximum atomic E-state index is 12.0. The molecular formula is C16H18N2O. The third-order valence-electron chi connectivity index (χ3n) is 4.08. The molecule has 0 aromatic heterocycles. The SMILES string of the molecule is C#CCN1CCC(N2CCCC2=O)c2ccccc21. The van der Waals surface area contributed by atoms with Gasteiger partial charge in [0.15, 0.2) is 0 Å². The Labute approximate surface area is 114 Å². The first-order valence-corrected chi connectivity index (χ1v) is 6.88. The summed E-state index contributed by atoms with van der Waals surface area (Å²) < 4.78 is 0. The van der Waals surface area contributed by atoms with Crippen LogP contribution >= 0.6 is 0 Å². The second kappa shape index (κ2) is 4.97. The molecule has 2 heterocycles. The van der Waals surface area contributed by atoms with E-state index in [2.05, 4.69) is 23.0 Å². The molecule has 1 amide bonds. The van der Waals surface area contributed by atoms with E-state index in [1.54, 1.807) is 0 Å². The molecule has 0 aliphatic carbocycles. The summed E-state index contributed by atoms with van der Waals surface area (Å²) in [5.74, 6) is 3.01. The molecule has 2 aliphatic heterocycles. The van der Waals surface area contributed by atoms with Crippen molar-refractivity contribution in [3.63, 3.8) is 0 Å². The van der Waals surface area contributed by atoms with Crippen LogP contribution in [0.4, 0.5) is 5.69 Å². The molecule has 0 saturated carbocycles. The van der Waals surface area contributed by atoms with Crippen LogP contribution < -0.4 is 4.90 Å². The third-order valence-corrected chi connectivity index (χ3v) is 4.08. The van der Waals surface area contributed by atoms with Gasteiger partial charge in [-0.1, -0.05) is 24.1 Å². The molecule has 0 bridgehead atoms. The number of fused-ring (bicyclic) bond motifs is 1. The molecule has 1 aromatic carbocycles. The van der Waals surface area contributed by atoms with Gasteiger partial charge in [-0.2, -0.15) is 0 Å². The van der Waals surface area contributed by atoms with Crippen LogP contribution in [0.15, 0.2) is 24.3 Å². The first kappa shape index (κ1) is 12.1. The number of para-hydroxylation sites is 1. The van der Waals surface area contributed by atoms with Crippen molar-refractivity contribution < 1.29 is 4.79 Å². The van der Waals surface area contributed by atoms with Gasteiger partial charge in [0.05, 0.1) is 12.6 Å². The van der Waals surface area contributed by atoms with Crippen molar-refractivity contribution in [1.82, 2.24) is 4.90 Å². The zero-order chi connectivity index (χ0) is 13.2. The minimum atomic E-state index is 0.236. The summed E-state index contributed by atoms with van der Waals surface area (Å²) in [5.41, 5.74) is 2.44. The Morgan fingerprint density at radius 2 is 2.16 bits per heavy atom. The summed E-state index contributed by atoms with van der Waals surface area (Å²) in [6.07, 6.45) is 8.11. The van der Waals surface area contributed by atoms with Crippen molar-refractivity contribution in [3.8, 4) is 12.3 Å². The maximum Gasteiger partial charge on any atom is 0.223 e. The van der Waals surface area contributed by atoms with E-state index in [0.29, 0.717) is 18.9 Å². The van der Waals surface area contributed by atoms with Crippen LogP contribution in [-0.4, -0.2) is 30.4 Å². The number of nitrogens with zero attached hydrogens (tertiary/aromatic N) is 2. The number of hydrogen-bond acceptors (Lipinski definition) is 2. The van der Waals surface area contributed by atoms with E-state index in [1.807, 2.05) is 17.0 Å². The normalized spacial score (nSPS) is 22.3. The van der Waals surface area contributed by atoms with Gasteiger partial charge < -0.3 is 9.80 Å². The van der Waals surface area contributed by atoms with E-state index in [0.717, 1.165) is 25.9 Å². The molecule has 3 rings (SSSR count). The maximum absolute atomic E-state index is 12.0. The molecule has 0 N–H and O–H groups in total. The third kappa shape index (κ3) is 2.08. The van der Waals surface area contributed by atoms with Gasteiger partial charge in [-0.15, -0.1) is 6.42 Å². The van der Waals surface area contributed by atoms with Gasteiger partial charge in [0.1, 0.15) is 0 Å². The fourth-order valence-electron chi connectivity index (χ4n) is 3.21. The first-order valence-electron chi connectivity index (χ1n) is 6.88. The van der Waals surface area contributed by atoms with Gasteiger partial charge in [0.2, 0.25) is 5.91 Å². The second-order valence-corrected chi connectivity index (χ2v) is 5.18. The van der Waals surface area contributed by atoms with Crippen LogP contribution in [0.3, 0.4) is 0 Å². The lowest BCUT2D eigenvalue weighted by Crippen LogP contribution is -2.38. The Morgan fingerprint density at radius 3 is 2.89 bits per heavy atom. The van der Waals surface area contributed by atoms with E-state index >= 15 is 0 Å². The molecule has 1 aromatic rings. The van der Waals surface area contributed by atoms with Crippen LogP contribution in [0.2, 0.25) is 0 Å². The number of amides is 1. The molecule has 0 radical (unpaired) electrons. The Balaban J connectivity index is 1.95. The molecule has 1 fully saturated rings. The van der Waals surface area contributed by atoms with Gasteiger partial charge >= 0.3 is 0 Å². The zero-order valence-corrected chi connectivity index (χ0v) is 11.0. The molecule has 3 heteroatoms. The van der Waals surface area contributed by atoms with Crippen molar-refractivity contribution >= 4 is 11.6 Å². The number of carbonyl (C=O) groups is 1. The van der Waals surface area contributed by atoms with E-state index in [4.69, 9.17) is 6.42 Å². The molecule has 2 aliphatic rings. The number of hydrogen-bond donors (Lipinski definition) is 0. The minimum absolute atomic E-state index is 0.236. The van der Waals surface area contributed by atoms with Gasteiger partial charge in [-0.25, -0.2) is 0 Å². The van der Waals surface area contributed by atoms with E-state index in [1.165, 1.54) is 11.3 Å². The number of likely N-dealkylation sites (tertiary alicyclic amines) is 1. The van der Waals surface area contributed by atoms with Crippen LogP contribution in [0.5, 0.6) is 0 Å². The highest BCUT2D eigenvalue weighted by molar-refractivity contribution is 5.79. The average molecular weight is 254 g/mol. The summed E-state index contributed by atoms with van der Waals surface area (Å²) in [5, 5.41) is 0. The lowest BCUT2D eigenvalue weighted by Gasteiger charge is -2.38. The summed E-state index contributed by atoms with van der Waals surface area (Å²) in [7, 11) is 0.